The zero-order chi connectivity index (χ0) is 14.6. The Kier molecular flexibility index (Phi) is 5.35. The van der Waals surface area contributed by atoms with E-state index in [2.05, 4.69) is 5.32 Å². The zero-order valence-electron chi connectivity index (χ0n) is 12.4. The first-order valence-electron chi connectivity index (χ1n) is 7.04. The van der Waals surface area contributed by atoms with Crippen LogP contribution in [-0.4, -0.2) is 47.1 Å². The number of hydrogen-bond acceptors (Lipinski definition) is 3. The van der Waals surface area contributed by atoms with Gasteiger partial charge in [0.1, 0.15) is 6.04 Å². The lowest BCUT2D eigenvalue weighted by atomic mass is 9.93. The first-order chi connectivity index (χ1) is 8.75. The Morgan fingerprint density at radius 1 is 1.32 bits per heavy atom. The van der Waals surface area contributed by atoms with Crippen molar-refractivity contribution in [3.05, 3.63) is 0 Å². The second kappa shape index (κ2) is 6.37. The Balaban J connectivity index is 2.45. The minimum atomic E-state index is -0.796. The minimum absolute atomic E-state index is 0.177. The topological polar surface area (TPSA) is 69.6 Å². The van der Waals surface area contributed by atoms with Crippen molar-refractivity contribution in [2.75, 3.05) is 13.1 Å². The van der Waals surface area contributed by atoms with E-state index in [0.29, 0.717) is 19.5 Å². The van der Waals surface area contributed by atoms with Gasteiger partial charge in [0.2, 0.25) is 5.91 Å². The SMILES string of the molecule is CCC(NC1CCN(C(=O)C(C)(C)C)CC1)C(=O)O. The minimum Gasteiger partial charge on any atom is -0.480 e. The van der Waals surface area contributed by atoms with Crippen LogP contribution in [-0.2, 0) is 9.59 Å². The summed E-state index contributed by atoms with van der Waals surface area (Å²) >= 11 is 0. The van der Waals surface area contributed by atoms with Gasteiger partial charge in [-0.3, -0.25) is 9.59 Å². The Hall–Kier alpha value is -1.10. The fourth-order valence-electron chi connectivity index (χ4n) is 2.37. The fraction of sp³-hybridized carbons (Fsp3) is 0.857. The lowest BCUT2D eigenvalue weighted by Crippen LogP contribution is -2.51. The molecule has 0 aromatic heterocycles. The number of nitrogens with one attached hydrogen (secondary N) is 1. The molecule has 1 unspecified atom stereocenters. The first kappa shape index (κ1) is 16.0. The number of likely N-dealkylation sites (tertiary alicyclic amines) is 1. The number of amides is 1. The third-order valence-electron chi connectivity index (χ3n) is 3.57. The van der Waals surface area contributed by atoms with Crippen LogP contribution in [0.1, 0.15) is 47.0 Å². The molecule has 0 saturated carbocycles. The fourth-order valence-corrected chi connectivity index (χ4v) is 2.37. The molecular weight excluding hydrogens is 244 g/mol. The van der Waals surface area contributed by atoms with Gasteiger partial charge in [-0.1, -0.05) is 27.7 Å². The van der Waals surface area contributed by atoms with Gasteiger partial charge in [0.15, 0.2) is 0 Å². The number of aliphatic carboxylic acids is 1. The molecular formula is C14H26N2O3. The van der Waals surface area contributed by atoms with E-state index in [1.165, 1.54) is 0 Å². The van der Waals surface area contributed by atoms with E-state index in [0.717, 1.165) is 12.8 Å². The quantitative estimate of drug-likeness (QED) is 0.812. The van der Waals surface area contributed by atoms with Crippen LogP contribution in [0.5, 0.6) is 0 Å². The Morgan fingerprint density at radius 3 is 2.21 bits per heavy atom. The van der Waals surface area contributed by atoms with Crippen LogP contribution in [0.25, 0.3) is 0 Å². The highest BCUT2D eigenvalue weighted by molar-refractivity contribution is 5.81. The second-order valence-corrected chi connectivity index (χ2v) is 6.28. The van der Waals surface area contributed by atoms with Gasteiger partial charge in [-0.15, -0.1) is 0 Å². The van der Waals surface area contributed by atoms with Gasteiger partial charge in [-0.05, 0) is 19.3 Å². The molecule has 5 nitrogen and oxygen atoms in total. The summed E-state index contributed by atoms with van der Waals surface area (Å²) in [4.78, 5) is 25.0. The molecule has 1 saturated heterocycles. The monoisotopic (exact) mass is 270 g/mol. The molecule has 1 amide bonds. The maximum atomic E-state index is 12.1. The van der Waals surface area contributed by atoms with Crippen LogP contribution < -0.4 is 5.32 Å². The number of nitrogens with zero attached hydrogens (tertiary/aromatic N) is 1. The van der Waals surface area contributed by atoms with E-state index >= 15 is 0 Å². The number of carboxylic acids is 1. The van der Waals surface area contributed by atoms with Crippen molar-refractivity contribution in [2.24, 2.45) is 5.41 Å². The molecule has 5 heteroatoms. The van der Waals surface area contributed by atoms with Gasteiger partial charge >= 0.3 is 5.97 Å². The van der Waals surface area contributed by atoms with Crippen LogP contribution in [0.3, 0.4) is 0 Å². The molecule has 19 heavy (non-hydrogen) atoms. The lowest BCUT2D eigenvalue weighted by Gasteiger charge is -2.36. The van der Waals surface area contributed by atoms with Crippen molar-refractivity contribution in [3.63, 3.8) is 0 Å². The molecule has 0 radical (unpaired) electrons. The Bertz CT molecular complexity index is 328. The van der Waals surface area contributed by atoms with Crippen LogP contribution in [0.15, 0.2) is 0 Å². The van der Waals surface area contributed by atoms with Crippen LogP contribution in [0, 0.1) is 5.41 Å². The van der Waals surface area contributed by atoms with E-state index < -0.39 is 12.0 Å². The summed E-state index contributed by atoms with van der Waals surface area (Å²) in [6, 6.07) is -0.278. The number of rotatable bonds is 4. The largest absolute Gasteiger partial charge is 0.480 e. The molecule has 0 aromatic carbocycles. The zero-order valence-corrected chi connectivity index (χ0v) is 12.4. The average Bonchev–Trinajstić information content (AvgIpc) is 2.34. The summed E-state index contributed by atoms with van der Waals surface area (Å²) in [5, 5.41) is 12.2. The van der Waals surface area contributed by atoms with Crippen LogP contribution in [0.2, 0.25) is 0 Å². The van der Waals surface area contributed by atoms with Crippen molar-refractivity contribution < 1.29 is 14.7 Å². The van der Waals surface area contributed by atoms with Crippen LogP contribution in [0.4, 0.5) is 0 Å². The number of carbonyl (C=O) groups excluding carboxylic acids is 1. The van der Waals surface area contributed by atoms with E-state index in [-0.39, 0.29) is 17.4 Å². The second-order valence-electron chi connectivity index (χ2n) is 6.28. The molecule has 1 fully saturated rings. The van der Waals surface area contributed by atoms with Gasteiger partial charge < -0.3 is 15.3 Å². The molecule has 2 N–H and O–H groups in total. The Morgan fingerprint density at radius 2 is 1.84 bits per heavy atom. The molecule has 1 aliphatic rings. The average molecular weight is 270 g/mol. The van der Waals surface area contributed by atoms with Crippen molar-refractivity contribution in [3.8, 4) is 0 Å². The summed E-state index contributed by atoms with van der Waals surface area (Å²) < 4.78 is 0. The van der Waals surface area contributed by atoms with E-state index in [4.69, 9.17) is 5.11 Å². The van der Waals surface area contributed by atoms with E-state index in [1.54, 1.807) is 0 Å². The summed E-state index contributed by atoms with van der Waals surface area (Å²) in [7, 11) is 0. The standard InChI is InChI=1S/C14H26N2O3/c1-5-11(12(17)18)15-10-6-8-16(9-7-10)13(19)14(2,3)4/h10-11,15H,5-9H2,1-4H3,(H,17,18). The highest BCUT2D eigenvalue weighted by Crippen LogP contribution is 2.21. The summed E-state index contributed by atoms with van der Waals surface area (Å²) in [5.74, 6) is -0.619. The van der Waals surface area contributed by atoms with Crippen molar-refractivity contribution >= 4 is 11.9 Å². The predicted octanol–water partition coefficient (Wildman–Crippen LogP) is 1.48. The molecule has 0 aromatic rings. The normalized spacial score (nSPS) is 19.3. The summed E-state index contributed by atoms with van der Waals surface area (Å²) in [6.07, 6.45) is 2.23. The third-order valence-corrected chi connectivity index (χ3v) is 3.57. The molecule has 110 valence electrons. The van der Waals surface area contributed by atoms with Crippen molar-refractivity contribution in [2.45, 2.75) is 59.0 Å². The van der Waals surface area contributed by atoms with Crippen LogP contribution >= 0.6 is 0 Å². The first-order valence-corrected chi connectivity index (χ1v) is 7.04. The Labute approximate surface area is 115 Å². The molecule has 1 rings (SSSR count). The number of carbonyl (C=O) groups is 2. The maximum absolute atomic E-state index is 12.1. The van der Waals surface area contributed by atoms with Crippen molar-refractivity contribution in [1.82, 2.24) is 10.2 Å². The number of hydrogen-bond donors (Lipinski definition) is 2. The molecule has 0 spiro atoms. The molecule has 1 heterocycles. The molecule has 0 bridgehead atoms. The predicted molar refractivity (Wildman–Crippen MR) is 73.9 cm³/mol. The highest BCUT2D eigenvalue weighted by atomic mass is 16.4. The summed E-state index contributed by atoms with van der Waals surface area (Å²) in [6.45, 7) is 9.07. The third kappa shape index (κ3) is 4.49. The molecule has 1 aliphatic heterocycles. The van der Waals surface area contributed by atoms with Gasteiger partial charge in [0.25, 0.3) is 0 Å². The molecule has 1 atom stereocenters. The highest BCUT2D eigenvalue weighted by Gasteiger charge is 2.31. The summed E-state index contributed by atoms with van der Waals surface area (Å²) in [5.41, 5.74) is -0.340. The lowest BCUT2D eigenvalue weighted by molar-refractivity contribution is -0.142. The van der Waals surface area contributed by atoms with Gasteiger partial charge in [-0.25, -0.2) is 0 Å². The van der Waals surface area contributed by atoms with Crippen molar-refractivity contribution in [1.29, 1.82) is 0 Å². The maximum Gasteiger partial charge on any atom is 0.320 e. The molecule has 0 aliphatic carbocycles. The van der Waals surface area contributed by atoms with Gasteiger partial charge in [0.05, 0.1) is 0 Å². The number of carboxylic acid groups (broad SMARTS) is 1. The van der Waals surface area contributed by atoms with E-state index in [1.807, 2.05) is 32.6 Å². The smallest absolute Gasteiger partial charge is 0.320 e. The number of piperidine rings is 1. The van der Waals surface area contributed by atoms with Gasteiger partial charge in [-0.2, -0.15) is 0 Å². The van der Waals surface area contributed by atoms with E-state index in [9.17, 15) is 9.59 Å². The van der Waals surface area contributed by atoms with Gasteiger partial charge in [0, 0.05) is 24.5 Å².